The first kappa shape index (κ1) is 116. The van der Waals surface area contributed by atoms with Gasteiger partial charge in [-0.05, 0) is 0 Å². The largest absolute Gasteiger partial charge is 4.00 e. The van der Waals surface area contributed by atoms with Gasteiger partial charge in [0.15, 0.2) is 0 Å². The zero-order chi connectivity index (χ0) is 0. The molecule has 0 bridgehead atoms. The van der Waals surface area contributed by atoms with Crippen LogP contribution in [0.1, 0.15) is 0 Å². The standard InChI is InChI=1S/3O.Zr/q;2*-2;+4. The zero-order valence-electron chi connectivity index (χ0n) is 1.72. The van der Waals surface area contributed by atoms with Gasteiger partial charge in [0, 0.05) is 5.48 Å². The van der Waals surface area contributed by atoms with Crippen molar-refractivity contribution >= 4 is 0 Å². The van der Waals surface area contributed by atoms with Crippen LogP contribution in [-0.4, -0.2) is 0 Å². The first-order valence-corrected chi connectivity index (χ1v) is 0. The Bertz CT molecular complexity index is 3.25. The van der Waals surface area contributed by atoms with Crippen LogP contribution in [0.5, 0.6) is 0 Å². The molecule has 0 fully saturated rings. The molecule has 0 amide bonds. The molecule has 0 heterocycles. The van der Waals surface area contributed by atoms with Crippen LogP contribution in [0, 0.1) is 0 Å². The van der Waals surface area contributed by atoms with Gasteiger partial charge in [-0.3, -0.25) is 0 Å². The summed E-state index contributed by atoms with van der Waals surface area (Å²) in [6, 6.07) is 0. The summed E-state index contributed by atoms with van der Waals surface area (Å²) < 4.78 is 0. The van der Waals surface area contributed by atoms with Gasteiger partial charge < -0.3 is 11.0 Å². The maximum atomic E-state index is 0. The van der Waals surface area contributed by atoms with Gasteiger partial charge in [0.2, 0.25) is 0 Å². The topological polar surface area (TPSA) is 85.5 Å². The summed E-state index contributed by atoms with van der Waals surface area (Å²) in [4.78, 5) is 0. The summed E-state index contributed by atoms with van der Waals surface area (Å²) in [5.74, 6) is 0. The van der Waals surface area contributed by atoms with E-state index in [1.54, 1.807) is 0 Å². The van der Waals surface area contributed by atoms with Crippen molar-refractivity contribution in [2.45, 2.75) is 0 Å². The van der Waals surface area contributed by atoms with E-state index in [-0.39, 0.29) is 42.6 Å². The van der Waals surface area contributed by atoms with Crippen molar-refractivity contribution in [2.24, 2.45) is 0 Å². The van der Waals surface area contributed by atoms with Crippen molar-refractivity contribution in [1.29, 1.82) is 0 Å². The molecular formula is O3Zr. The van der Waals surface area contributed by atoms with Crippen molar-refractivity contribution in [2.75, 3.05) is 0 Å². The molecular weight excluding hydrogens is 139 g/mol. The first-order valence-electron chi connectivity index (χ1n) is 0. The van der Waals surface area contributed by atoms with E-state index in [9.17, 15) is 0 Å². The van der Waals surface area contributed by atoms with Crippen LogP contribution in [0.15, 0.2) is 0 Å². The fourth-order valence-corrected chi connectivity index (χ4v) is 0. The van der Waals surface area contributed by atoms with Gasteiger partial charge in [-0.15, -0.1) is 0 Å². The Morgan fingerprint density at radius 1 is 0.750 bits per heavy atom. The third-order valence-electron chi connectivity index (χ3n) is 0. The summed E-state index contributed by atoms with van der Waals surface area (Å²) in [7, 11) is 0. The van der Waals surface area contributed by atoms with Crippen LogP contribution >= 0.6 is 0 Å². The van der Waals surface area contributed by atoms with Gasteiger partial charge >= 0.3 is 26.2 Å². The van der Waals surface area contributed by atoms with Crippen molar-refractivity contribution in [1.82, 2.24) is 0 Å². The Balaban J connectivity index is 0. The minimum Gasteiger partial charge on any atom is -2.00 e. The number of hydrogen-bond acceptors (Lipinski definition) is 0. The minimum absolute atomic E-state index is 0. The SMILES string of the molecule is [O-2].[O-2].[O].[Zr+4]. The van der Waals surface area contributed by atoms with Crippen molar-refractivity contribution in [3.8, 4) is 0 Å². The predicted octanol–water partition coefficient (Wildman–Crippen LogP) is -0.359. The third kappa shape index (κ3) is 14.7. The fraction of sp³-hybridized carbons (Fsp3) is 0. The van der Waals surface area contributed by atoms with Gasteiger partial charge in [0.25, 0.3) is 0 Å². The van der Waals surface area contributed by atoms with E-state index < -0.39 is 0 Å². The number of hydrogen-bond donors (Lipinski definition) is 0. The average Bonchev–Trinajstić information content (AvgIpc) is 0. The molecule has 0 saturated carbocycles. The minimum atomic E-state index is 0. The van der Waals surface area contributed by atoms with E-state index in [2.05, 4.69) is 0 Å². The van der Waals surface area contributed by atoms with Gasteiger partial charge in [-0.1, -0.05) is 0 Å². The Kier molecular flexibility index (Phi) is 1430. The van der Waals surface area contributed by atoms with Gasteiger partial charge in [0.1, 0.15) is 0 Å². The molecule has 0 unspecified atom stereocenters. The van der Waals surface area contributed by atoms with Crippen LogP contribution in [0.4, 0.5) is 0 Å². The summed E-state index contributed by atoms with van der Waals surface area (Å²) in [6.45, 7) is 0. The molecule has 0 aromatic heterocycles. The monoisotopic (exact) mass is 138 g/mol. The summed E-state index contributed by atoms with van der Waals surface area (Å²) in [6.07, 6.45) is 0. The third-order valence-corrected chi connectivity index (χ3v) is 0. The van der Waals surface area contributed by atoms with Crippen molar-refractivity contribution in [3.05, 3.63) is 0 Å². The van der Waals surface area contributed by atoms with Gasteiger partial charge in [0.05, 0.1) is 0 Å². The number of rotatable bonds is 0. The molecule has 0 spiro atoms. The predicted molar refractivity (Wildman–Crippen MR) is 2.06 cm³/mol. The Morgan fingerprint density at radius 2 is 0.750 bits per heavy atom. The first-order chi connectivity index (χ1) is 0. The van der Waals surface area contributed by atoms with E-state index in [1.807, 2.05) is 0 Å². The summed E-state index contributed by atoms with van der Waals surface area (Å²) in [5, 5.41) is 0. The Labute approximate surface area is 43.1 Å². The molecule has 0 saturated heterocycles. The van der Waals surface area contributed by atoms with Crippen LogP contribution in [0.3, 0.4) is 0 Å². The molecule has 0 aliphatic heterocycles. The molecule has 4 heteroatoms. The maximum Gasteiger partial charge on any atom is 4.00 e. The molecule has 0 aromatic carbocycles. The molecule has 4 heavy (non-hydrogen) atoms. The molecule has 0 aliphatic rings. The van der Waals surface area contributed by atoms with E-state index in [0.29, 0.717) is 0 Å². The van der Waals surface area contributed by atoms with Crippen LogP contribution in [-0.2, 0) is 42.6 Å². The fourth-order valence-electron chi connectivity index (χ4n) is 0. The van der Waals surface area contributed by atoms with Gasteiger partial charge in [-0.2, -0.15) is 0 Å². The average molecular weight is 139 g/mol. The van der Waals surface area contributed by atoms with Crippen LogP contribution < -0.4 is 0 Å². The van der Waals surface area contributed by atoms with Crippen LogP contribution in [0.2, 0.25) is 0 Å². The molecule has 0 aliphatic carbocycles. The zero-order valence-corrected chi connectivity index (χ0v) is 4.18. The molecule has 3 nitrogen and oxygen atoms in total. The molecule has 0 atom stereocenters. The normalized spacial score (nSPS) is 0. The Hall–Kier alpha value is 0.763. The molecule has 0 aromatic rings. The molecule has 0 rings (SSSR count). The quantitative estimate of drug-likeness (QED) is 0.439. The smallest absolute Gasteiger partial charge is 2.00 e. The van der Waals surface area contributed by atoms with Gasteiger partial charge in [-0.25, -0.2) is 0 Å². The second-order valence-corrected chi connectivity index (χ2v) is 0. The molecule has 2 radical (unpaired) electrons. The second-order valence-electron chi connectivity index (χ2n) is 0. The summed E-state index contributed by atoms with van der Waals surface area (Å²) in [5.41, 5.74) is 0. The van der Waals surface area contributed by atoms with E-state index in [4.69, 9.17) is 0 Å². The van der Waals surface area contributed by atoms with Crippen LogP contribution in [0.25, 0.3) is 0 Å². The summed E-state index contributed by atoms with van der Waals surface area (Å²) >= 11 is 0. The van der Waals surface area contributed by atoms with Crippen molar-refractivity contribution in [3.63, 3.8) is 0 Å². The Morgan fingerprint density at radius 3 is 0.750 bits per heavy atom. The maximum absolute atomic E-state index is 0. The van der Waals surface area contributed by atoms with E-state index in [1.165, 1.54) is 0 Å². The van der Waals surface area contributed by atoms with E-state index in [0.717, 1.165) is 0 Å². The molecule has 22 valence electrons. The molecule has 0 N–H and O–H groups in total. The van der Waals surface area contributed by atoms with Crippen molar-refractivity contribution < 1.29 is 42.6 Å². The van der Waals surface area contributed by atoms with E-state index >= 15 is 0 Å². The second kappa shape index (κ2) is 49.3.